The highest BCUT2D eigenvalue weighted by atomic mass is 19.3. The van der Waals surface area contributed by atoms with Crippen molar-refractivity contribution in [2.45, 2.75) is 66.2 Å². The summed E-state index contributed by atoms with van der Waals surface area (Å²) in [5.74, 6) is -2.23. The minimum absolute atomic E-state index is 0.0714. The van der Waals surface area contributed by atoms with Gasteiger partial charge in [0, 0.05) is 19.5 Å². The maximum Gasteiger partial charge on any atom is 0.309 e. The number of anilines is 1. The zero-order valence-corrected chi connectivity index (χ0v) is 16.5. The van der Waals surface area contributed by atoms with Crippen LogP contribution in [0.1, 0.15) is 58.3 Å². The molecule has 1 aliphatic heterocycles. The second kappa shape index (κ2) is 10.4. The van der Waals surface area contributed by atoms with Crippen LogP contribution in [0.15, 0.2) is 6.20 Å². The van der Waals surface area contributed by atoms with Crippen LogP contribution in [0.2, 0.25) is 0 Å². The van der Waals surface area contributed by atoms with Gasteiger partial charge >= 0.3 is 5.97 Å². The van der Waals surface area contributed by atoms with Crippen molar-refractivity contribution in [1.82, 2.24) is 9.97 Å². The van der Waals surface area contributed by atoms with Crippen LogP contribution >= 0.6 is 0 Å². The first kappa shape index (κ1) is 22.3. The molecule has 0 aliphatic carbocycles. The number of ether oxygens (including phenoxy) is 1. The molecule has 5 nitrogen and oxygen atoms in total. The molecule has 0 radical (unpaired) electrons. The molecule has 1 fully saturated rings. The summed E-state index contributed by atoms with van der Waals surface area (Å²) in [5, 5.41) is 0. The third-order valence-electron chi connectivity index (χ3n) is 4.28. The predicted molar refractivity (Wildman–Crippen MR) is 98.6 cm³/mol. The van der Waals surface area contributed by atoms with E-state index in [4.69, 9.17) is 4.74 Å². The summed E-state index contributed by atoms with van der Waals surface area (Å²) in [4.78, 5) is 22.6. The molecule has 1 aromatic heterocycles. The average Bonchev–Trinajstić information content (AvgIpc) is 2.62. The summed E-state index contributed by atoms with van der Waals surface area (Å²) in [5.41, 5.74) is 1.30. The van der Waals surface area contributed by atoms with E-state index >= 15 is 0 Å². The smallest absolute Gasteiger partial charge is 0.309 e. The second-order valence-electron chi connectivity index (χ2n) is 6.34. The lowest BCUT2D eigenvalue weighted by Gasteiger charge is -2.31. The molecular weight excluding hydrogens is 340 g/mol. The largest absolute Gasteiger partial charge is 0.466 e. The van der Waals surface area contributed by atoms with E-state index in [0.717, 1.165) is 6.92 Å². The topological polar surface area (TPSA) is 55.3 Å². The highest BCUT2D eigenvalue weighted by Gasteiger charge is 2.27. The number of alkyl halides is 2. The Balaban J connectivity index is 0.00000163. The molecule has 2 rings (SSSR count). The van der Waals surface area contributed by atoms with Crippen LogP contribution in [0, 0.1) is 12.8 Å². The fraction of sp³-hybridized carbons (Fsp3) is 0.737. The van der Waals surface area contributed by atoms with Crippen molar-refractivity contribution in [3.8, 4) is 0 Å². The lowest BCUT2D eigenvalue weighted by Crippen LogP contribution is -2.37. The van der Waals surface area contributed by atoms with Crippen molar-refractivity contribution in [2.75, 3.05) is 24.6 Å². The van der Waals surface area contributed by atoms with Gasteiger partial charge in [-0.1, -0.05) is 13.8 Å². The van der Waals surface area contributed by atoms with Crippen LogP contribution in [0.25, 0.3) is 0 Å². The van der Waals surface area contributed by atoms with E-state index in [1.807, 2.05) is 13.8 Å². The van der Waals surface area contributed by atoms with Gasteiger partial charge in [0.2, 0.25) is 5.92 Å². The summed E-state index contributed by atoms with van der Waals surface area (Å²) < 4.78 is 31.2. The summed E-state index contributed by atoms with van der Waals surface area (Å²) in [6, 6.07) is 0. The Hall–Kier alpha value is -1.79. The van der Waals surface area contributed by atoms with Crippen molar-refractivity contribution in [1.29, 1.82) is 0 Å². The number of piperidine rings is 1. The molecule has 7 heteroatoms. The number of hydrogen-bond acceptors (Lipinski definition) is 5. The molecule has 1 aromatic rings. The Morgan fingerprint density at radius 3 is 2.50 bits per heavy atom. The van der Waals surface area contributed by atoms with Crippen LogP contribution in [0.4, 0.5) is 14.6 Å². The van der Waals surface area contributed by atoms with Crippen LogP contribution in [-0.2, 0) is 16.0 Å². The van der Waals surface area contributed by atoms with Gasteiger partial charge in [0.1, 0.15) is 5.82 Å². The third kappa shape index (κ3) is 6.84. The number of carbonyl (C=O) groups is 1. The quantitative estimate of drug-likeness (QED) is 0.702. The molecule has 0 atom stereocenters. The number of nitrogens with zero attached hydrogens (tertiary/aromatic N) is 3. The van der Waals surface area contributed by atoms with E-state index in [1.165, 1.54) is 0 Å². The van der Waals surface area contributed by atoms with E-state index in [2.05, 4.69) is 14.9 Å². The maximum atomic E-state index is 13.1. The monoisotopic (exact) mass is 371 g/mol. The Bertz CT molecular complexity index is 568. The van der Waals surface area contributed by atoms with E-state index in [1.54, 1.807) is 20.0 Å². The minimum Gasteiger partial charge on any atom is -0.466 e. The summed E-state index contributed by atoms with van der Waals surface area (Å²) >= 11 is 0. The van der Waals surface area contributed by atoms with Crippen LogP contribution in [-0.4, -0.2) is 41.6 Å². The lowest BCUT2D eigenvalue weighted by molar-refractivity contribution is -0.148. The van der Waals surface area contributed by atoms with Crippen molar-refractivity contribution in [3.63, 3.8) is 0 Å². The maximum absolute atomic E-state index is 13.1. The molecule has 26 heavy (non-hydrogen) atoms. The molecule has 1 aliphatic rings. The van der Waals surface area contributed by atoms with Gasteiger partial charge in [0.05, 0.1) is 30.1 Å². The molecule has 148 valence electrons. The normalized spacial score (nSPS) is 15.3. The van der Waals surface area contributed by atoms with Gasteiger partial charge in [-0.3, -0.25) is 9.78 Å². The van der Waals surface area contributed by atoms with Gasteiger partial charge in [0.25, 0.3) is 0 Å². The SMILES string of the molecule is CC.CCOC(=O)C1CCN(c2cnc(C)c(CCC(C)(F)F)n2)CC1. The van der Waals surface area contributed by atoms with E-state index in [-0.39, 0.29) is 24.7 Å². The molecule has 2 heterocycles. The molecule has 0 saturated carbocycles. The molecule has 0 unspecified atom stereocenters. The first-order valence-corrected chi connectivity index (χ1v) is 9.42. The Kier molecular flexibility index (Phi) is 8.88. The fourth-order valence-corrected chi connectivity index (χ4v) is 2.81. The second-order valence-corrected chi connectivity index (χ2v) is 6.34. The number of esters is 1. The van der Waals surface area contributed by atoms with Crippen LogP contribution in [0.3, 0.4) is 0 Å². The highest BCUT2D eigenvalue weighted by Crippen LogP contribution is 2.24. The van der Waals surface area contributed by atoms with Crippen molar-refractivity contribution >= 4 is 11.8 Å². The number of hydrogen-bond donors (Lipinski definition) is 0. The Labute approximate surface area is 155 Å². The van der Waals surface area contributed by atoms with E-state index < -0.39 is 5.92 Å². The summed E-state index contributed by atoms with van der Waals surface area (Å²) in [6.07, 6.45) is 3.05. The highest BCUT2D eigenvalue weighted by molar-refractivity contribution is 5.72. The molecule has 0 N–H and O–H groups in total. The van der Waals surface area contributed by atoms with Crippen molar-refractivity contribution < 1.29 is 18.3 Å². The molecule has 1 saturated heterocycles. The first-order valence-electron chi connectivity index (χ1n) is 9.42. The standard InChI is InChI=1S/C17H25F2N3O2.C2H6/c1-4-24-16(23)13-6-9-22(10-7-13)15-11-20-12(2)14(21-15)5-8-17(3,18)19;1-2/h11,13H,4-10H2,1-3H3;1-2H3. The van der Waals surface area contributed by atoms with Gasteiger partial charge in [0.15, 0.2) is 0 Å². The number of aryl methyl sites for hydroxylation is 2. The number of rotatable bonds is 6. The predicted octanol–water partition coefficient (Wildman–Crippen LogP) is 4.18. The van der Waals surface area contributed by atoms with E-state index in [0.29, 0.717) is 49.7 Å². The Morgan fingerprint density at radius 2 is 1.96 bits per heavy atom. The number of halogens is 2. The van der Waals surface area contributed by atoms with E-state index in [9.17, 15) is 13.6 Å². The summed E-state index contributed by atoms with van der Waals surface area (Å²) in [7, 11) is 0. The summed E-state index contributed by atoms with van der Waals surface area (Å²) in [6.45, 7) is 10.3. The zero-order chi connectivity index (χ0) is 19.7. The number of aromatic nitrogens is 2. The number of carbonyl (C=O) groups excluding carboxylic acids is 1. The molecule has 0 spiro atoms. The van der Waals surface area contributed by atoms with Gasteiger partial charge in [-0.2, -0.15) is 0 Å². The van der Waals surface area contributed by atoms with Crippen LogP contribution in [0.5, 0.6) is 0 Å². The average molecular weight is 371 g/mol. The molecule has 0 aromatic carbocycles. The van der Waals surface area contributed by atoms with Gasteiger partial charge in [-0.25, -0.2) is 13.8 Å². The first-order chi connectivity index (χ1) is 12.3. The lowest BCUT2D eigenvalue weighted by atomic mass is 9.97. The molecular formula is C19H31F2N3O2. The molecule has 0 bridgehead atoms. The Morgan fingerprint density at radius 1 is 1.35 bits per heavy atom. The van der Waals surface area contributed by atoms with Gasteiger partial charge in [-0.05, 0) is 40.0 Å². The van der Waals surface area contributed by atoms with Crippen molar-refractivity contribution in [2.24, 2.45) is 5.92 Å². The van der Waals surface area contributed by atoms with Gasteiger partial charge < -0.3 is 9.64 Å². The molecule has 0 amide bonds. The fourth-order valence-electron chi connectivity index (χ4n) is 2.81. The third-order valence-corrected chi connectivity index (χ3v) is 4.28. The van der Waals surface area contributed by atoms with Crippen molar-refractivity contribution in [3.05, 3.63) is 17.6 Å². The van der Waals surface area contributed by atoms with Gasteiger partial charge in [-0.15, -0.1) is 0 Å². The van der Waals surface area contributed by atoms with Crippen LogP contribution < -0.4 is 4.90 Å². The zero-order valence-electron chi connectivity index (χ0n) is 16.5. The minimum atomic E-state index is -2.71.